The van der Waals surface area contributed by atoms with Crippen molar-refractivity contribution in [2.24, 2.45) is 0 Å². The fraction of sp³-hybridized carbons (Fsp3) is 0.409. The minimum absolute atomic E-state index is 0.0553. The Morgan fingerprint density at radius 1 is 1.04 bits per heavy atom. The molecule has 3 nitrogen and oxygen atoms in total. The van der Waals surface area contributed by atoms with Crippen molar-refractivity contribution in [3.8, 4) is 11.1 Å². The van der Waals surface area contributed by atoms with Crippen LogP contribution in [0.5, 0.6) is 0 Å². The van der Waals surface area contributed by atoms with Crippen molar-refractivity contribution in [2.75, 3.05) is 0 Å². The molecule has 0 saturated heterocycles. The average Bonchev–Trinajstić information content (AvgIpc) is 3.02. The van der Waals surface area contributed by atoms with E-state index in [0.717, 1.165) is 24.1 Å². The van der Waals surface area contributed by atoms with Crippen LogP contribution in [0.3, 0.4) is 0 Å². The molecule has 0 radical (unpaired) electrons. The molecule has 1 N–H and O–H groups in total. The predicted octanol–water partition coefficient (Wildman–Crippen LogP) is 7.34. The molecule has 0 unspecified atom stereocenters. The monoisotopic (exact) mass is 405 g/mol. The number of benzene rings is 1. The van der Waals surface area contributed by atoms with Crippen LogP contribution in [0.15, 0.2) is 39.7 Å². The van der Waals surface area contributed by atoms with E-state index in [4.69, 9.17) is 27.6 Å². The highest BCUT2D eigenvalue weighted by molar-refractivity contribution is 6.35. The number of hydrogen-bond donors (Lipinski definition) is 1. The summed E-state index contributed by atoms with van der Waals surface area (Å²) in [4.78, 5) is 16.2. The van der Waals surface area contributed by atoms with Gasteiger partial charge in [-0.05, 0) is 30.2 Å². The molecule has 0 aliphatic heterocycles. The van der Waals surface area contributed by atoms with Crippen molar-refractivity contribution >= 4 is 34.3 Å². The molecule has 3 rings (SSSR count). The number of halogens is 2. The third-order valence-electron chi connectivity index (χ3n) is 5.12. The predicted molar refractivity (Wildman–Crippen MR) is 114 cm³/mol. The van der Waals surface area contributed by atoms with Gasteiger partial charge in [0, 0.05) is 32.8 Å². The molecule has 0 fully saturated rings. The Labute approximate surface area is 169 Å². The average molecular weight is 406 g/mol. The van der Waals surface area contributed by atoms with Gasteiger partial charge in [-0.25, -0.2) is 0 Å². The van der Waals surface area contributed by atoms with Gasteiger partial charge < -0.3 is 9.40 Å². The summed E-state index contributed by atoms with van der Waals surface area (Å²) >= 11 is 12.2. The van der Waals surface area contributed by atoms with Crippen molar-refractivity contribution in [1.82, 2.24) is 4.98 Å². The normalized spacial score (nSPS) is 12.0. The summed E-state index contributed by atoms with van der Waals surface area (Å²) in [5, 5.41) is 1.57. The molecule has 0 aliphatic rings. The largest absolute Gasteiger partial charge is 0.447 e. The molecule has 27 heavy (non-hydrogen) atoms. The molecule has 2 heterocycles. The van der Waals surface area contributed by atoms with E-state index >= 15 is 0 Å². The van der Waals surface area contributed by atoms with Crippen LogP contribution in [0.2, 0.25) is 10.0 Å². The Kier molecular flexibility index (Phi) is 6.02. The fourth-order valence-electron chi connectivity index (χ4n) is 3.47. The minimum atomic E-state index is -0.118. The Morgan fingerprint density at radius 2 is 1.74 bits per heavy atom. The number of nitrogens with one attached hydrogen (secondary N) is 1. The number of hydrogen-bond acceptors (Lipinski definition) is 2. The standard InChI is InChI=1S/C22H25Cl2NO2/c1-4-5-6-7-8-22(2,3)19-12-18(26)20-17(13-27-21(20)25-19)14-9-15(23)11-16(24)10-14/h9-13H,4-8H2,1-3H3,(H,25,26). The van der Waals surface area contributed by atoms with Crippen molar-refractivity contribution in [1.29, 1.82) is 0 Å². The second kappa shape index (κ2) is 8.12. The van der Waals surface area contributed by atoms with Gasteiger partial charge in [-0.1, -0.05) is 69.7 Å². The number of fused-ring (bicyclic) bond motifs is 1. The summed E-state index contributed by atoms with van der Waals surface area (Å²) in [6.07, 6.45) is 7.42. The second-order valence-electron chi connectivity index (χ2n) is 7.75. The lowest BCUT2D eigenvalue weighted by Crippen LogP contribution is -2.21. The van der Waals surface area contributed by atoms with Crippen LogP contribution in [0.1, 0.15) is 58.6 Å². The third kappa shape index (κ3) is 4.41. The van der Waals surface area contributed by atoms with Gasteiger partial charge in [0.1, 0.15) is 6.26 Å². The van der Waals surface area contributed by atoms with E-state index in [-0.39, 0.29) is 10.8 Å². The molecule has 144 valence electrons. The SMILES string of the molecule is CCCCCCC(C)(C)c1cc(=O)c2c(-c3cc(Cl)cc(Cl)c3)coc2[nH]1. The number of H-pyrrole nitrogens is 1. The summed E-state index contributed by atoms with van der Waals surface area (Å²) in [7, 11) is 0. The van der Waals surface area contributed by atoms with Crippen molar-refractivity contribution < 1.29 is 4.42 Å². The van der Waals surface area contributed by atoms with E-state index in [1.54, 1.807) is 30.5 Å². The van der Waals surface area contributed by atoms with Crippen molar-refractivity contribution in [2.45, 2.75) is 58.3 Å². The van der Waals surface area contributed by atoms with Crippen LogP contribution in [-0.4, -0.2) is 4.98 Å². The number of aromatic nitrogens is 1. The number of rotatable bonds is 7. The minimum Gasteiger partial charge on any atom is -0.447 e. The van der Waals surface area contributed by atoms with E-state index in [0.29, 0.717) is 26.7 Å². The molecular formula is C22H25Cl2NO2. The van der Waals surface area contributed by atoms with Gasteiger partial charge in [0.25, 0.3) is 0 Å². The molecule has 0 saturated carbocycles. The topological polar surface area (TPSA) is 46.0 Å². The highest BCUT2D eigenvalue weighted by atomic mass is 35.5. The van der Waals surface area contributed by atoms with Gasteiger partial charge in [0.05, 0.1) is 5.39 Å². The first-order valence-corrected chi connectivity index (χ1v) is 10.2. The van der Waals surface area contributed by atoms with Gasteiger partial charge in [-0.15, -0.1) is 0 Å². The Hall–Kier alpha value is -1.71. The summed E-state index contributed by atoms with van der Waals surface area (Å²) in [6, 6.07) is 6.93. The first-order chi connectivity index (χ1) is 12.8. The van der Waals surface area contributed by atoms with E-state index < -0.39 is 0 Å². The van der Waals surface area contributed by atoms with Crippen molar-refractivity contribution in [3.05, 3.63) is 56.5 Å². The van der Waals surface area contributed by atoms with Gasteiger partial charge in [-0.3, -0.25) is 4.79 Å². The molecule has 0 bridgehead atoms. The quantitative estimate of drug-likeness (QED) is 0.417. The van der Waals surface area contributed by atoms with Gasteiger partial charge in [0.2, 0.25) is 5.71 Å². The number of unbranched alkanes of at least 4 members (excludes halogenated alkanes) is 3. The van der Waals surface area contributed by atoms with Crippen LogP contribution >= 0.6 is 23.2 Å². The van der Waals surface area contributed by atoms with E-state index in [1.807, 2.05) is 0 Å². The first kappa shape index (κ1) is 20.0. The molecule has 5 heteroatoms. The lowest BCUT2D eigenvalue weighted by Gasteiger charge is -2.24. The molecule has 3 aromatic rings. The lowest BCUT2D eigenvalue weighted by atomic mass is 9.83. The lowest BCUT2D eigenvalue weighted by molar-refractivity contribution is 0.434. The second-order valence-corrected chi connectivity index (χ2v) is 8.63. The highest BCUT2D eigenvalue weighted by Gasteiger charge is 2.24. The van der Waals surface area contributed by atoms with Gasteiger partial charge in [0.15, 0.2) is 5.43 Å². The highest BCUT2D eigenvalue weighted by Crippen LogP contribution is 2.34. The van der Waals surface area contributed by atoms with Gasteiger partial charge in [-0.2, -0.15) is 0 Å². The maximum Gasteiger partial charge on any atom is 0.208 e. The molecule has 0 aliphatic carbocycles. The molecule has 0 spiro atoms. The molecule has 0 atom stereocenters. The molecule has 1 aromatic carbocycles. The van der Waals surface area contributed by atoms with Crippen LogP contribution < -0.4 is 5.43 Å². The zero-order valence-corrected chi connectivity index (χ0v) is 17.5. The Balaban J connectivity index is 1.98. The Morgan fingerprint density at radius 3 is 2.41 bits per heavy atom. The molecular weight excluding hydrogens is 381 g/mol. The van der Waals surface area contributed by atoms with Crippen LogP contribution in [0.4, 0.5) is 0 Å². The zero-order valence-electron chi connectivity index (χ0n) is 16.0. The first-order valence-electron chi connectivity index (χ1n) is 9.43. The maximum atomic E-state index is 12.9. The fourth-order valence-corrected chi connectivity index (χ4v) is 4.00. The summed E-state index contributed by atoms with van der Waals surface area (Å²) in [6.45, 7) is 6.53. The zero-order chi connectivity index (χ0) is 19.6. The number of aromatic amines is 1. The van der Waals surface area contributed by atoms with E-state index in [2.05, 4.69) is 25.8 Å². The summed E-state index contributed by atoms with van der Waals surface area (Å²) in [5.41, 5.74) is 2.69. The van der Waals surface area contributed by atoms with Crippen LogP contribution in [0, 0.1) is 0 Å². The Bertz CT molecular complexity index is 981. The maximum absolute atomic E-state index is 12.9. The third-order valence-corrected chi connectivity index (χ3v) is 5.56. The number of furan rings is 1. The molecule has 2 aromatic heterocycles. The summed E-state index contributed by atoms with van der Waals surface area (Å²) < 4.78 is 5.70. The smallest absolute Gasteiger partial charge is 0.208 e. The number of pyridine rings is 1. The van der Waals surface area contributed by atoms with Crippen LogP contribution in [-0.2, 0) is 5.41 Å². The molecule has 0 amide bonds. The van der Waals surface area contributed by atoms with Crippen molar-refractivity contribution in [3.63, 3.8) is 0 Å². The van der Waals surface area contributed by atoms with Gasteiger partial charge >= 0.3 is 0 Å². The van der Waals surface area contributed by atoms with Crippen LogP contribution in [0.25, 0.3) is 22.2 Å². The van der Waals surface area contributed by atoms with E-state index in [1.165, 1.54) is 19.3 Å². The van der Waals surface area contributed by atoms with E-state index in [9.17, 15) is 4.79 Å². The summed E-state index contributed by atoms with van der Waals surface area (Å²) in [5.74, 6) is 0.